The summed E-state index contributed by atoms with van der Waals surface area (Å²) in [4.78, 5) is 4.66. The van der Waals surface area contributed by atoms with Crippen LogP contribution in [0, 0.1) is 0 Å². The summed E-state index contributed by atoms with van der Waals surface area (Å²) in [5.74, 6) is 1.32. The van der Waals surface area contributed by atoms with Crippen molar-refractivity contribution in [1.82, 2.24) is 19.5 Å². The molecule has 23 heavy (non-hydrogen) atoms. The van der Waals surface area contributed by atoms with Crippen LogP contribution < -0.4 is 4.72 Å². The summed E-state index contributed by atoms with van der Waals surface area (Å²) >= 11 is 0. The van der Waals surface area contributed by atoms with Crippen molar-refractivity contribution in [3.63, 3.8) is 0 Å². The largest absolute Gasteiger partial charge is 0.394 e. The van der Waals surface area contributed by atoms with Crippen molar-refractivity contribution >= 4 is 10.0 Å². The van der Waals surface area contributed by atoms with Crippen LogP contribution in [-0.2, 0) is 23.0 Å². The van der Waals surface area contributed by atoms with Crippen LogP contribution in [0.3, 0.4) is 0 Å². The number of aryl methyl sites for hydroxylation is 1. The van der Waals surface area contributed by atoms with E-state index in [4.69, 9.17) is 5.11 Å². The van der Waals surface area contributed by atoms with Crippen LogP contribution in [0.5, 0.6) is 0 Å². The molecule has 0 spiro atoms. The fourth-order valence-electron chi connectivity index (χ4n) is 2.11. The normalized spacial score (nSPS) is 11.8. The Morgan fingerprint density at radius 2 is 1.91 bits per heavy atom. The van der Waals surface area contributed by atoms with Crippen LogP contribution in [-0.4, -0.2) is 41.4 Å². The topological polar surface area (TPSA) is 97.1 Å². The summed E-state index contributed by atoms with van der Waals surface area (Å²) in [5, 5.41) is 13.5. The molecule has 0 atom stereocenters. The zero-order chi connectivity index (χ0) is 16.9. The molecule has 126 valence electrons. The lowest BCUT2D eigenvalue weighted by Gasteiger charge is -2.07. The van der Waals surface area contributed by atoms with Crippen LogP contribution in [0.1, 0.15) is 26.1 Å². The van der Waals surface area contributed by atoms with E-state index in [0.717, 1.165) is 12.0 Å². The second-order valence-electron chi connectivity index (χ2n) is 5.07. The molecular formula is C15H22N4O3S. The molecule has 1 aromatic heterocycles. The molecule has 0 saturated carbocycles. The third kappa shape index (κ3) is 4.15. The zero-order valence-electron chi connectivity index (χ0n) is 13.4. The van der Waals surface area contributed by atoms with E-state index in [1.54, 1.807) is 28.9 Å². The van der Waals surface area contributed by atoms with E-state index in [-0.39, 0.29) is 11.5 Å². The first kappa shape index (κ1) is 17.6. The Morgan fingerprint density at radius 1 is 1.22 bits per heavy atom. The molecule has 2 rings (SSSR count). The summed E-state index contributed by atoms with van der Waals surface area (Å²) in [7, 11) is -3.47. The number of aliphatic hydroxyl groups excluding tert-OH is 1. The number of rotatable bonds is 8. The number of aromatic nitrogens is 3. The van der Waals surface area contributed by atoms with Gasteiger partial charge < -0.3 is 5.11 Å². The highest BCUT2D eigenvalue weighted by Gasteiger charge is 2.15. The van der Waals surface area contributed by atoms with Crippen molar-refractivity contribution < 1.29 is 13.5 Å². The fourth-order valence-corrected chi connectivity index (χ4v) is 3.24. The number of hydrogen-bond acceptors (Lipinski definition) is 5. The quantitative estimate of drug-likeness (QED) is 0.753. The summed E-state index contributed by atoms with van der Waals surface area (Å²) < 4.78 is 28.3. The predicted molar refractivity (Wildman–Crippen MR) is 87.4 cm³/mol. The molecule has 1 aromatic carbocycles. The Kier molecular flexibility index (Phi) is 5.86. The number of nitrogens with zero attached hydrogens (tertiary/aromatic N) is 3. The van der Waals surface area contributed by atoms with Gasteiger partial charge in [0.05, 0.1) is 18.0 Å². The molecule has 8 heteroatoms. The van der Waals surface area contributed by atoms with Gasteiger partial charge in [0, 0.05) is 18.5 Å². The molecular weight excluding hydrogens is 316 g/mol. The van der Waals surface area contributed by atoms with Crippen LogP contribution in [0.15, 0.2) is 29.2 Å². The van der Waals surface area contributed by atoms with Crippen molar-refractivity contribution in [3.05, 3.63) is 30.1 Å². The maximum Gasteiger partial charge on any atom is 0.240 e. The first-order valence-electron chi connectivity index (χ1n) is 7.66. The number of hydrogen-bond donors (Lipinski definition) is 2. The molecule has 0 bridgehead atoms. The first-order chi connectivity index (χ1) is 11.0. The van der Waals surface area contributed by atoms with Gasteiger partial charge in [-0.3, -0.25) is 0 Å². The molecule has 0 radical (unpaired) electrons. The van der Waals surface area contributed by atoms with E-state index in [1.165, 1.54) is 0 Å². The van der Waals surface area contributed by atoms with Gasteiger partial charge in [-0.25, -0.2) is 22.8 Å². The Hall–Kier alpha value is -1.77. The lowest BCUT2D eigenvalue weighted by molar-refractivity contribution is 0.270. The van der Waals surface area contributed by atoms with Gasteiger partial charge in [0.1, 0.15) is 0 Å². The van der Waals surface area contributed by atoms with Gasteiger partial charge in [-0.05, 0) is 30.7 Å². The van der Waals surface area contributed by atoms with Crippen LogP contribution >= 0.6 is 0 Å². The smallest absolute Gasteiger partial charge is 0.240 e. The third-order valence-corrected chi connectivity index (χ3v) is 4.79. The minimum Gasteiger partial charge on any atom is -0.394 e. The highest BCUT2D eigenvalue weighted by molar-refractivity contribution is 7.89. The number of benzene rings is 1. The van der Waals surface area contributed by atoms with E-state index in [9.17, 15) is 8.42 Å². The van der Waals surface area contributed by atoms with Crippen molar-refractivity contribution in [1.29, 1.82) is 0 Å². The number of sulfonamides is 1. The van der Waals surface area contributed by atoms with Gasteiger partial charge in [0.15, 0.2) is 11.6 Å². The second-order valence-corrected chi connectivity index (χ2v) is 6.84. The van der Waals surface area contributed by atoms with Crippen molar-refractivity contribution in [2.45, 2.75) is 38.1 Å². The number of nitrogens with one attached hydrogen (secondary N) is 1. The molecule has 2 N–H and O–H groups in total. The molecule has 2 aromatic rings. The van der Waals surface area contributed by atoms with E-state index < -0.39 is 10.0 Å². The molecule has 0 aliphatic rings. The monoisotopic (exact) mass is 338 g/mol. The van der Waals surface area contributed by atoms with E-state index in [1.807, 2.05) is 13.8 Å². The van der Waals surface area contributed by atoms with Crippen LogP contribution in [0.2, 0.25) is 0 Å². The fraction of sp³-hybridized carbons (Fsp3) is 0.467. The molecule has 0 amide bonds. The SMILES string of the molecule is CCCNS(=O)(=O)c1ccc(-c2nc(CC)nn2CCO)cc1. The molecule has 0 aliphatic heterocycles. The maximum atomic E-state index is 12.1. The van der Waals surface area contributed by atoms with Gasteiger partial charge in [0.25, 0.3) is 0 Å². The highest BCUT2D eigenvalue weighted by atomic mass is 32.2. The maximum absolute atomic E-state index is 12.1. The highest BCUT2D eigenvalue weighted by Crippen LogP contribution is 2.20. The lowest BCUT2D eigenvalue weighted by atomic mass is 10.2. The minimum atomic E-state index is -3.47. The van der Waals surface area contributed by atoms with E-state index >= 15 is 0 Å². The zero-order valence-corrected chi connectivity index (χ0v) is 14.2. The summed E-state index contributed by atoms with van der Waals surface area (Å²) in [6, 6.07) is 6.52. The minimum absolute atomic E-state index is 0.0348. The van der Waals surface area contributed by atoms with E-state index in [0.29, 0.717) is 31.2 Å². The molecule has 0 saturated heterocycles. The first-order valence-corrected chi connectivity index (χ1v) is 9.14. The molecule has 7 nitrogen and oxygen atoms in total. The van der Waals surface area contributed by atoms with Gasteiger partial charge in [-0.15, -0.1) is 0 Å². The van der Waals surface area contributed by atoms with Gasteiger partial charge in [-0.1, -0.05) is 13.8 Å². The second kappa shape index (κ2) is 7.67. The summed E-state index contributed by atoms with van der Waals surface area (Å²) in [6.45, 7) is 4.59. The number of aliphatic hydroxyl groups is 1. The predicted octanol–water partition coefficient (Wildman–Crippen LogP) is 1.19. The third-order valence-electron chi connectivity index (χ3n) is 3.31. The molecule has 1 heterocycles. The average Bonchev–Trinajstić information content (AvgIpc) is 2.97. The summed E-state index contributed by atoms with van der Waals surface area (Å²) in [5.41, 5.74) is 0.764. The van der Waals surface area contributed by atoms with Gasteiger partial charge in [0.2, 0.25) is 10.0 Å². The van der Waals surface area contributed by atoms with Crippen molar-refractivity contribution in [2.75, 3.05) is 13.2 Å². The molecule has 0 fully saturated rings. The Labute approximate surface area is 136 Å². The van der Waals surface area contributed by atoms with Crippen LogP contribution in [0.4, 0.5) is 0 Å². The summed E-state index contributed by atoms with van der Waals surface area (Å²) in [6.07, 6.45) is 1.43. The Morgan fingerprint density at radius 3 is 2.48 bits per heavy atom. The Balaban J connectivity index is 2.31. The van der Waals surface area contributed by atoms with E-state index in [2.05, 4.69) is 14.8 Å². The lowest BCUT2D eigenvalue weighted by Crippen LogP contribution is -2.24. The van der Waals surface area contributed by atoms with Gasteiger partial charge in [-0.2, -0.15) is 5.10 Å². The average molecular weight is 338 g/mol. The van der Waals surface area contributed by atoms with Crippen molar-refractivity contribution in [2.24, 2.45) is 0 Å². The van der Waals surface area contributed by atoms with Crippen LogP contribution in [0.25, 0.3) is 11.4 Å². The van der Waals surface area contributed by atoms with Crippen molar-refractivity contribution in [3.8, 4) is 11.4 Å². The molecule has 0 unspecified atom stereocenters. The molecule has 0 aliphatic carbocycles. The standard InChI is InChI=1S/C15H22N4O3S/c1-3-9-16-23(21,22)13-7-5-12(6-8-13)15-17-14(4-2)18-19(15)10-11-20/h5-8,16,20H,3-4,9-11H2,1-2H3. The Bertz CT molecular complexity index is 739. The van der Waals surface area contributed by atoms with Gasteiger partial charge >= 0.3 is 0 Å².